The van der Waals surface area contributed by atoms with Gasteiger partial charge in [0.05, 0.1) is 13.2 Å². The lowest BCUT2D eigenvalue weighted by atomic mass is 10.3. The molecule has 0 amide bonds. The summed E-state index contributed by atoms with van der Waals surface area (Å²) >= 11 is 0. The van der Waals surface area contributed by atoms with Gasteiger partial charge >= 0.3 is 0 Å². The fourth-order valence-corrected chi connectivity index (χ4v) is 0.940. The van der Waals surface area contributed by atoms with Gasteiger partial charge in [0.25, 0.3) is 0 Å². The Morgan fingerprint density at radius 1 is 1.00 bits per heavy atom. The highest BCUT2D eigenvalue weighted by atomic mass is 16.6. The molecule has 0 aromatic heterocycles. The quantitative estimate of drug-likeness (QED) is 0.539. The third-order valence-corrected chi connectivity index (χ3v) is 1.66. The normalized spacial score (nSPS) is 28.9. The van der Waals surface area contributed by atoms with E-state index in [1.54, 1.807) is 0 Å². The average Bonchev–Trinajstić information content (AvgIpc) is 2.76. The van der Waals surface area contributed by atoms with Crippen LogP contribution in [0.3, 0.4) is 0 Å². The largest absolute Gasteiger partial charge is 0.379 e. The molecule has 0 unspecified atom stereocenters. The van der Waals surface area contributed by atoms with Crippen LogP contribution in [0.15, 0.2) is 0 Å². The van der Waals surface area contributed by atoms with Crippen molar-refractivity contribution in [3.05, 3.63) is 0 Å². The van der Waals surface area contributed by atoms with Gasteiger partial charge in [-0.2, -0.15) is 0 Å². The molecule has 1 rings (SSSR count). The molecule has 0 spiro atoms. The second-order valence-electron chi connectivity index (χ2n) is 2.53. The molecule has 0 radical (unpaired) electrons. The van der Waals surface area contributed by atoms with Crippen LogP contribution in [-0.2, 0) is 14.2 Å². The molecular formula is C8H16O3. The highest BCUT2D eigenvalue weighted by molar-refractivity contribution is 4.84. The monoisotopic (exact) mass is 160 g/mol. The maximum atomic E-state index is 5.27. The smallest absolute Gasteiger partial charge is 0.110 e. The fourth-order valence-electron chi connectivity index (χ4n) is 0.940. The molecule has 1 saturated heterocycles. The molecular weight excluding hydrogens is 144 g/mol. The molecule has 0 aromatic rings. The first-order chi connectivity index (χ1) is 5.38. The summed E-state index contributed by atoms with van der Waals surface area (Å²) in [5, 5.41) is 0. The second-order valence-corrected chi connectivity index (χ2v) is 2.53. The van der Waals surface area contributed by atoms with E-state index in [4.69, 9.17) is 14.2 Å². The van der Waals surface area contributed by atoms with Crippen molar-refractivity contribution in [1.82, 2.24) is 0 Å². The van der Waals surface area contributed by atoms with Gasteiger partial charge in [-0.05, 0) is 13.8 Å². The first kappa shape index (κ1) is 8.97. The topological polar surface area (TPSA) is 31.0 Å². The van der Waals surface area contributed by atoms with E-state index in [0.29, 0.717) is 25.4 Å². The maximum Gasteiger partial charge on any atom is 0.110 e. The van der Waals surface area contributed by atoms with Crippen LogP contribution in [0.4, 0.5) is 0 Å². The minimum absolute atomic E-state index is 0.293. The van der Waals surface area contributed by atoms with E-state index in [9.17, 15) is 0 Å². The van der Waals surface area contributed by atoms with Gasteiger partial charge in [0.15, 0.2) is 0 Å². The fraction of sp³-hybridized carbons (Fsp3) is 1.00. The standard InChI is InChI=1S/C8H16O3/c1-3-9-5-7-8(11-7)6-10-4-2/h7-8H,3-6H2,1-2H3/t7-,8+. The molecule has 1 aliphatic heterocycles. The zero-order chi connectivity index (χ0) is 8.10. The predicted molar refractivity (Wildman–Crippen MR) is 41.6 cm³/mol. The minimum Gasteiger partial charge on any atom is -0.379 e. The Kier molecular flexibility index (Phi) is 3.83. The van der Waals surface area contributed by atoms with Crippen molar-refractivity contribution in [3.63, 3.8) is 0 Å². The number of rotatable bonds is 6. The minimum atomic E-state index is 0.293. The lowest BCUT2D eigenvalue weighted by Gasteiger charge is -1.96. The Labute approximate surface area is 67.6 Å². The van der Waals surface area contributed by atoms with Gasteiger partial charge in [-0.25, -0.2) is 0 Å². The summed E-state index contributed by atoms with van der Waals surface area (Å²) in [6.45, 7) is 6.94. The summed E-state index contributed by atoms with van der Waals surface area (Å²) in [6.07, 6.45) is 0.586. The summed E-state index contributed by atoms with van der Waals surface area (Å²) in [5.74, 6) is 0. The first-order valence-corrected chi connectivity index (χ1v) is 4.19. The molecule has 1 heterocycles. The highest BCUT2D eigenvalue weighted by Gasteiger charge is 2.38. The van der Waals surface area contributed by atoms with Crippen molar-refractivity contribution in [1.29, 1.82) is 0 Å². The van der Waals surface area contributed by atoms with Crippen molar-refractivity contribution < 1.29 is 14.2 Å². The van der Waals surface area contributed by atoms with E-state index in [-0.39, 0.29) is 0 Å². The van der Waals surface area contributed by atoms with Crippen LogP contribution in [0.1, 0.15) is 13.8 Å². The lowest BCUT2D eigenvalue weighted by Crippen LogP contribution is -2.09. The van der Waals surface area contributed by atoms with E-state index in [1.165, 1.54) is 0 Å². The zero-order valence-electron chi connectivity index (χ0n) is 7.21. The van der Waals surface area contributed by atoms with Crippen LogP contribution in [0.2, 0.25) is 0 Å². The Bertz CT molecular complexity index is 93.5. The van der Waals surface area contributed by atoms with Crippen LogP contribution in [0.25, 0.3) is 0 Å². The van der Waals surface area contributed by atoms with E-state index >= 15 is 0 Å². The van der Waals surface area contributed by atoms with E-state index in [2.05, 4.69) is 0 Å². The number of hydrogen-bond donors (Lipinski definition) is 0. The summed E-state index contributed by atoms with van der Waals surface area (Å²) in [7, 11) is 0. The van der Waals surface area contributed by atoms with Crippen molar-refractivity contribution in [3.8, 4) is 0 Å². The summed E-state index contributed by atoms with van der Waals surface area (Å²) in [4.78, 5) is 0. The third-order valence-electron chi connectivity index (χ3n) is 1.66. The molecule has 66 valence electrons. The number of hydrogen-bond acceptors (Lipinski definition) is 3. The molecule has 0 bridgehead atoms. The van der Waals surface area contributed by atoms with Gasteiger partial charge in [0.2, 0.25) is 0 Å². The van der Waals surface area contributed by atoms with Gasteiger partial charge in [0.1, 0.15) is 12.2 Å². The van der Waals surface area contributed by atoms with Gasteiger partial charge in [-0.15, -0.1) is 0 Å². The Morgan fingerprint density at radius 2 is 1.45 bits per heavy atom. The number of ether oxygens (including phenoxy) is 3. The molecule has 3 heteroatoms. The van der Waals surface area contributed by atoms with Crippen molar-refractivity contribution in [2.45, 2.75) is 26.1 Å². The van der Waals surface area contributed by atoms with Crippen molar-refractivity contribution >= 4 is 0 Å². The van der Waals surface area contributed by atoms with E-state index < -0.39 is 0 Å². The van der Waals surface area contributed by atoms with Crippen molar-refractivity contribution in [2.75, 3.05) is 26.4 Å². The molecule has 0 saturated carbocycles. The van der Waals surface area contributed by atoms with Gasteiger partial charge < -0.3 is 14.2 Å². The Morgan fingerprint density at radius 3 is 1.82 bits per heavy atom. The summed E-state index contributed by atoms with van der Waals surface area (Å²) in [5.41, 5.74) is 0. The van der Waals surface area contributed by atoms with E-state index in [0.717, 1.165) is 13.2 Å². The molecule has 11 heavy (non-hydrogen) atoms. The summed E-state index contributed by atoms with van der Waals surface area (Å²) < 4.78 is 15.6. The second kappa shape index (κ2) is 4.70. The lowest BCUT2D eigenvalue weighted by molar-refractivity contribution is 0.125. The number of epoxide rings is 1. The molecule has 0 aromatic carbocycles. The average molecular weight is 160 g/mol. The Hall–Kier alpha value is -0.120. The van der Waals surface area contributed by atoms with E-state index in [1.807, 2.05) is 13.8 Å². The van der Waals surface area contributed by atoms with Crippen LogP contribution in [-0.4, -0.2) is 38.6 Å². The zero-order valence-corrected chi connectivity index (χ0v) is 7.21. The van der Waals surface area contributed by atoms with Gasteiger partial charge in [-0.1, -0.05) is 0 Å². The summed E-state index contributed by atoms with van der Waals surface area (Å²) in [6, 6.07) is 0. The highest BCUT2D eigenvalue weighted by Crippen LogP contribution is 2.22. The van der Waals surface area contributed by atoms with Gasteiger partial charge in [0, 0.05) is 13.2 Å². The molecule has 2 atom stereocenters. The van der Waals surface area contributed by atoms with Crippen LogP contribution in [0, 0.1) is 0 Å². The predicted octanol–water partition coefficient (Wildman–Crippen LogP) is 0.827. The molecule has 1 aliphatic rings. The first-order valence-electron chi connectivity index (χ1n) is 4.19. The SMILES string of the molecule is CCOC[C@@H]1O[C@@H]1COCC. The van der Waals surface area contributed by atoms with Crippen LogP contribution >= 0.6 is 0 Å². The van der Waals surface area contributed by atoms with Crippen LogP contribution in [0.5, 0.6) is 0 Å². The maximum absolute atomic E-state index is 5.27. The Balaban J connectivity index is 1.89. The van der Waals surface area contributed by atoms with Gasteiger partial charge in [-0.3, -0.25) is 0 Å². The molecule has 0 aliphatic carbocycles. The van der Waals surface area contributed by atoms with Crippen LogP contribution < -0.4 is 0 Å². The molecule has 3 nitrogen and oxygen atoms in total. The molecule has 1 fully saturated rings. The van der Waals surface area contributed by atoms with Crippen molar-refractivity contribution in [2.24, 2.45) is 0 Å². The third kappa shape index (κ3) is 3.18. The molecule has 0 N–H and O–H groups in total.